The second-order valence-corrected chi connectivity index (χ2v) is 8.35. The maximum Gasteiger partial charge on any atom is 0.254 e. The smallest absolute Gasteiger partial charge is 0.254 e. The quantitative estimate of drug-likeness (QED) is 0.734. The van der Waals surface area contributed by atoms with Gasteiger partial charge in [0.2, 0.25) is 11.7 Å². The lowest BCUT2D eigenvalue weighted by molar-refractivity contribution is -0.120. The van der Waals surface area contributed by atoms with Crippen molar-refractivity contribution in [2.24, 2.45) is 5.92 Å². The number of amides is 2. The van der Waals surface area contributed by atoms with Gasteiger partial charge in [-0.15, -0.1) is 0 Å². The molecule has 7 heteroatoms. The van der Waals surface area contributed by atoms with E-state index in [1.54, 1.807) is 12.1 Å². The summed E-state index contributed by atoms with van der Waals surface area (Å²) in [7, 11) is 4.60. The topological polar surface area (TPSA) is 77.1 Å². The zero-order chi connectivity index (χ0) is 22.7. The van der Waals surface area contributed by atoms with Gasteiger partial charge in [0.25, 0.3) is 5.91 Å². The standard InChI is InChI=1S/C25H30N2O5/c1-30-21-14-18(15-22(31-2)23(21)32-3)26-24(28)20-13-17-11-7-8-12-19(17)27(20)25(29)16-9-5-4-6-10-16/h4-6,9-10,14-15,17,19-20H,7-8,11-13H2,1-3H3,(H,26,28). The second kappa shape index (κ2) is 9.51. The Kier molecular flexibility index (Phi) is 6.53. The van der Waals surface area contributed by atoms with Crippen molar-refractivity contribution in [3.63, 3.8) is 0 Å². The minimum Gasteiger partial charge on any atom is -0.493 e. The van der Waals surface area contributed by atoms with Crippen LogP contribution >= 0.6 is 0 Å². The molecule has 2 aromatic carbocycles. The Balaban J connectivity index is 1.62. The molecule has 0 aromatic heterocycles. The van der Waals surface area contributed by atoms with Crippen LogP contribution in [0.4, 0.5) is 5.69 Å². The molecule has 1 aliphatic carbocycles. The maximum atomic E-state index is 13.4. The van der Waals surface area contributed by atoms with Gasteiger partial charge >= 0.3 is 0 Å². The van der Waals surface area contributed by atoms with Crippen LogP contribution in [0.3, 0.4) is 0 Å². The SMILES string of the molecule is COc1cc(NC(=O)C2CC3CCCCC3N2C(=O)c2ccccc2)cc(OC)c1OC. The van der Waals surface area contributed by atoms with E-state index in [0.717, 1.165) is 25.7 Å². The summed E-state index contributed by atoms with van der Waals surface area (Å²) in [6, 6.07) is 12.2. The van der Waals surface area contributed by atoms with Gasteiger partial charge in [0, 0.05) is 29.4 Å². The average Bonchev–Trinajstić information content (AvgIpc) is 3.23. The van der Waals surface area contributed by atoms with E-state index >= 15 is 0 Å². The van der Waals surface area contributed by atoms with Gasteiger partial charge in [-0.1, -0.05) is 31.0 Å². The fourth-order valence-electron chi connectivity index (χ4n) is 5.09. The van der Waals surface area contributed by atoms with Crippen molar-refractivity contribution >= 4 is 17.5 Å². The molecule has 2 aromatic rings. The molecule has 7 nitrogen and oxygen atoms in total. The molecule has 3 atom stereocenters. The largest absolute Gasteiger partial charge is 0.493 e. The highest BCUT2D eigenvalue weighted by molar-refractivity contribution is 6.02. The van der Waals surface area contributed by atoms with Gasteiger partial charge in [-0.25, -0.2) is 0 Å². The Morgan fingerprint density at radius 1 is 0.938 bits per heavy atom. The summed E-state index contributed by atoms with van der Waals surface area (Å²) in [6.07, 6.45) is 4.91. The molecular formula is C25H30N2O5. The van der Waals surface area contributed by atoms with E-state index in [-0.39, 0.29) is 17.9 Å². The summed E-state index contributed by atoms with van der Waals surface area (Å²) in [5.74, 6) is 1.45. The molecule has 1 saturated heterocycles. The number of ether oxygens (including phenoxy) is 3. The third kappa shape index (κ3) is 4.11. The Bertz CT molecular complexity index is 953. The van der Waals surface area contributed by atoms with Gasteiger partial charge in [-0.05, 0) is 37.3 Å². The van der Waals surface area contributed by atoms with Gasteiger partial charge < -0.3 is 24.4 Å². The van der Waals surface area contributed by atoms with Crippen molar-refractivity contribution in [1.82, 2.24) is 4.90 Å². The normalized spacial score (nSPS) is 22.1. The number of carbonyl (C=O) groups is 2. The average molecular weight is 439 g/mol. The van der Waals surface area contributed by atoms with Crippen LogP contribution in [0.2, 0.25) is 0 Å². The predicted octanol–water partition coefficient (Wildman–Crippen LogP) is 4.12. The first kappa shape index (κ1) is 22.0. The first-order valence-corrected chi connectivity index (χ1v) is 11.1. The maximum absolute atomic E-state index is 13.4. The number of nitrogens with one attached hydrogen (secondary N) is 1. The summed E-state index contributed by atoms with van der Waals surface area (Å²) in [5.41, 5.74) is 1.15. The molecule has 2 aliphatic rings. The van der Waals surface area contributed by atoms with E-state index in [1.807, 2.05) is 35.2 Å². The van der Waals surface area contributed by atoms with Gasteiger partial charge in [0.1, 0.15) is 6.04 Å². The van der Waals surface area contributed by atoms with Crippen LogP contribution in [-0.2, 0) is 4.79 Å². The van der Waals surface area contributed by atoms with Crippen LogP contribution < -0.4 is 19.5 Å². The molecule has 1 aliphatic heterocycles. The minimum atomic E-state index is -0.519. The fourth-order valence-corrected chi connectivity index (χ4v) is 5.09. The molecule has 0 radical (unpaired) electrons. The van der Waals surface area contributed by atoms with E-state index < -0.39 is 6.04 Å². The van der Waals surface area contributed by atoms with Crippen LogP contribution in [0.1, 0.15) is 42.5 Å². The Morgan fingerprint density at radius 2 is 1.59 bits per heavy atom. The number of hydrogen-bond acceptors (Lipinski definition) is 5. The fraction of sp³-hybridized carbons (Fsp3) is 0.440. The molecule has 1 saturated carbocycles. The lowest BCUT2D eigenvalue weighted by Gasteiger charge is -2.33. The number of methoxy groups -OCH3 is 3. The van der Waals surface area contributed by atoms with Crippen LogP contribution in [0.25, 0.3) is 0 Å². The van der Waals surface area contributed by atoms with Crippen molar-refractivity contribution in [3.8, 4) is 17.2 Å². The van der Waals surface area contributed by atoms with E-state index in [0.29, 0.717) is 40.8 Å². The minimum absolute atomic E-state index is 0.0787. The number of rotatable bonds is 6. The molecule has 0 spiro atoms. The molecule has 1 N–H and O–H groups in total. The van der Waals surface area contributed by atoms with E-state index in [2.05, 4.69) is 5.32 Å². The molecule has 32 heavy (non-hydrogen) atoms. The van der Waals surface area contributed by atoms with Crippen LogP contribution in [0.5, 0.6) is 17.2 Å². The van der Waals surface area contributed by atoms with Crippen LogP contribution in [-0.4, -0.2) is 50.1 Å². The zero-order valence-electron chi connectivity index (χ0n) is 18.8. The third-order valence-corrected chi connectivity index (χ3v) is 6.58. The summed E-state index contributed by atoms with van der Waals surface area (Å²) in [6.45, 7) is 0. The van der Waals surface area contributed by atoms with E-state index in [9.17, 15) is 9.59 Å². The highest BCUT2D eigenvalue weighted by atomic mass is 16.5. The summed E-state index contributed by atoms with van der Waals surface area (Å²) < 4.78 is 16.2. The zero-order valence-corrected chi connectivity index (χ0v) is 18.8. The highest BCUT2D eigenvalue weighted by Crippen LogP contribution is 2.42. The van der Waals surface area contributed by atoms with Gasteiger partial charge in [-0.3, -0.25) is 9.59 Å². The number of fused-ring (bicyclic) bond motifs is 1. The summed E-state index contributed by atoms with van der Waals surface area (Å²) in [5, 5.41) is 2.98. The van der Waals surface area contributed by atoms with Crippen molar-refractivity contribution < 1.29 is 23.8 Å². The van der Waals surface area contributed by atoms with Crippen molar-refractivity contribution in [2.45, 2.75) is 44.2 Å². The molecule has 1 heterocycles. The lowest BCUT2D eigenvalue weighted by atomic mass is 9.84. The number of benzene rings is 2. The Morgan fingerprint density at radius 3 is 2.22 bits per heavy atom. The highest BCUT2D eigenvalue weighted by Gasteiger charge is 2.47. The number of likely N-dealkylation sites (tertiary alicyclic amines) is 1. The Hall–Kier alpha value is -3.22. The molecule has 0 bridgehead atoms. The molecule has 170 valence electrons. The number of hydrogen-bond donors (Lipinski definition) is 1. The number of anilines is 1. The lowest BCUT2D eigenvalue weighted by Crippen LogP contribution is -2.47. The molecular weight excluding hydrogens is 408 g/mol. The van der Waals surface area contributed by atoms with Crippen molar-refractivity contribution in [1.29, 1.82) is 0 Å². The molecule has 4 rings (SSSR count). The second-order valence-electron chi connectivity index (χ2n) is 8.35. The monoisotopic (exact) mass is 438 g/mol. The van der Waals surface area contributed by atoms with Crippen molar-refractivity contribution in [2.75, 3.05) is 26.6 Å². The van der Waals surface area contributed by atoms with E-state index in [4.69, 9.17) is 14.2 Å². The summed E-state index contributed by atoms with van der Waals surface area (Å²) >= 11 is 0. The third-order valence-electron chi connectivity index (χ3n) is 6.58. The van der Waals surface area contributed by atoms with Gasteiger partial charge in [0.15, 0.2) is 11.5 Å². The Labute approximate surface area is 188 Å². The van der Waals surface area contributed by atoms with Gasteiger partial charge in [-0.2, -0.15) is 0 Å². The number of nitrogens with zero attached hydrogens (tertiary/aromatic N) is 1. The van der Waals surface area contributed by atoms with Crippen molar-refractivity contribution in [3.05, 3.63) is 48.0 Å². The van der Waals surface area contributed by atoms with Gasteiger partial charge in [0.05, 0.1) is 21.3 Å². The molecule has 2 fully saturated rings. The first-order chi connectivity index (χ1) is 15.6. The van der Waals surface area contributed by atoms with E-state index in [1.165, 1.54) is 21.3 Å². The van der Waals surface area contributed by atoms with Crippen LogP contribution in [0.15, 0.2) is 42.5 Å². The predicted molar refractivity (Wildman–Crippen MR) is 121 cm³/mol. The summed E-state index contributed by atoms with van der Waals surface area (Å²) in [4.78, 5) is 28.7. The molecule has 3 unspecified atom stereocenters. The number of carbonyl (C=O) groups excluding carboxylic acids is 2. The molecule has 2 amide bonds. The first-order valence-electron chi connectivity index (χ1n) is 11.1. The van der Waals surface area contributed by atoms with Crippen LogP contribution in [0, 0.1) is 5.92 Å².